The third-order valence-electron chi connectivity index (χ3n) is 2.79. The fourth-order valence-electron chi connectivity index (χ4n) is 1.90. The zero-order valence-electron chi connectivity index (χ0n) is 11.2. The zero-order valence-corrected chi connectivity index (χ0v) is 11.2. The molecule has 0 aliphatic rings. The summed E-state index contributed by atoms with van der Waals surface area (Å²) in [4.78, 5) is 7.69. The average Bonchev–Trinajstić information content (AvgIpc) is 3.03. The third kappa shape index (κ3) is 2.25. The Labute approximate surface area is 121 Å². The smallest absolute Gasteiger partial charge is 0.383 e. The van der Waals surface area contributed by atoms with Gasteiger partial charge in [-0.05, 0) is 6.07 Å². The van der Waals surface area contributed by atoms with Crippen LogP contribution in [0.3, 0.4) is 0 Å². The molecule has 3 aromatic heterocycles. The van der Waals surface area contributed by atoms with Crippen LogP contribution in [0.5, 0.6) is 0 Å². The summed E-state index contributed by atoms with van der Waals surface area (Å²) >= 11 is 0. The van der Waals surface area contributed by atoms with E-state index >= 15 is 0 Å². The van der Waals surface area contributed by atoms with Crippen LogP contribution in [0.4, 0.5) is 19.0 Å². The first-order valence-electron chi connectivity index (χ1n) is 5.97. The fraction of sp³-hybridized carbons (Fsp3) is 0.182. The Morgan fingerprint density at radius 1 is 1.18 bits per heavy atom. The maximum atomic E-state index is 13.2. The van der Waals surface area contributed by atoms with Crippen molar-refractivity contribution in [2.75, 3.05) is 5.73 Å². The van der Waals surface area contributed by atoms with E-state index in [1.807, 2.05) is 0 Å². The summed E-state index contributed by atoms with van der Waals surface area (Å²) in [6, 6.07) is 1.53. The van der Waals surface area contributed by atoms with Crippen molar-refractivity contribution in [3.63, 3.8) is 0 Å². The second-order valence-corrected chi connectivity index (χ2v) is 4.34. The van der Waals surface area contributed by atoms with Gasteiger partial charge in [0.15, 0.2) is 5.69 Å². The molecule has 114 valence electrons. The number of nitrogens with zero attached hydrogens (tertiary/aromatic N) is 7. The number of nitrogen functional groups attached to an aromatic ring is 1. The van der Waals surface area contributed by atoms with Crippen LogP contribution in [-0.2, 0) is 13.2 Å². The van der Waals surface area contributed by atoms with E-state index < -0.39 is 11.9 Å². The summed E-state index contributed by atoms with van der Waals surface area (Å²) in [6.45, 7) is 0. The fourth-order valence-corrected chi connectivity index (χ4v) is 1.90. The molecule has 3 aromatic rings. The maximum Gasteiger partial charge on any atom is 0.435 e. The molecule has 0 saturated carbocycles. The number of aromatic nitrogens is 7. The van der Waals surface area contributed by atoms with Gasteiger partial charge in [0.1, 0.15) is 11.5 Å². The number of anilines is 1. The number of alkyl halides is 3. The summed E-state index contributed by atoms with van der Waals surface area (Å²) < 4.78 is 41.8. The Bertz CT molecular complexity index is 805. The number of aryl methyl sites for hydroxylation is 1. The molecule has 0 atom stereocenters. The number of hydrogen-bond donors (Lipinski definition) is 1. The summed E-state index contributed by atoms with van der Waals surface area (Å²) in [5.74, 6) is -0.334. The van der Waals surface area contributed by atoms with Gasteiger partial charge in [0, 0.05) is 19.4 Å². The molecule has 0 spiro atoms. The molecule has 0 fully saturated rings. The Hall–Kier alpha value is -2.98. The van der Waals surface area contributed by atoms with Gasteiger partial charge >= 0.3 is 6.18 Å². The molecule has 0 aliphatic carbocycles. The Kier molecular flexibility index (Phi) is 3.04. The lowest BCUT2D eigenvalue weighted by Crippen LogP contribution is -2.09. The number of nitrogens with two attached hydrogens (primary N) is 1. The molecule has 3 rings (SSSR count). The van der Waals surface area contributed by atoms with Crippen molar-refractivity contribution in [2.24, 2.45) is 7.05 Å². The predicted octanol–water partition coefficient (Wildman–Crippen LogP) is 1.06. The molecule has 0 saturated heterocycles. The second-order valence-electron chi connectivity index (χ2n) is 4.34. The normalized spacial score (nSPS) is 11.8. The lowest BCUT2D eigenvalue weighted by molar-refractivity contribution is -0.140. The van der Waals surface area contributed by atoms with E-state index in [2.05, 4.69) is 25.4 Å². The first-order chi connectivity index (χ1) is 10.4. The largest absolute Gasteiger partial charge is 0.435 e. The number of halogens is 3. The summed E-state index contributed by atoms with van der Waals surface area (Å²) in [5, 5.41) is 10.8. The van der Waals surface area contributed by atoms with Gasteiger partial charge in [0.2, 0.25) is 0 Å². The van der Waals surface area contributed by atoms with Crippen molar-refractivity contribution in [3.05, 3.63) is 30.4 Å². The van der Waals surface area contributed by atoms with E-state index in [0.717, 1.165) is 4.68 Å². The van der Waals surface area contributed by atoms with Gasteiger partial charge in [0.05, 0.1) is 11.8 Å². The van der Waals surface area contributed by atoms with Gasteiger partial charge in [-0.25, -0.2) is 9.97 Å². The molecule has 0 aromatic carbocycles. The molecular weight excluding hydrogens is 301 g/mol. The zero-order chi connectivity index (χ0) is 15.9. The highest BCUT2D eigenvalue weighted by molar-refractivity contribution is 5.74. The van der Waals surface area contributed by atoms with Gasteiger partial charge in [-0.3, -0.25) is 4.68 Å². The highest BCUT2D eigenvalue weighted by Crippen LogP contribution is 2.39. The minimum absolute atomic E-state index is 0.0329. The SMILES string of the molecule is Cn1cc(-c2c(C(F)(F)F)nn(-c3ncccn3)c2N)nn1. The van der Waals surface area contributed by atoms with E-state index in [1.54, 1.807) is 0 Å². The molecule has 0 amide bonds. The van der Waals surface area contributed by atoms with Crippen LogP contribution in [0.25, 0.3) is 17.2 Å². The number of hydrogen-bond acceptors (Lipinski definition) is 6. The lowest BCUT2D eigenvalue weighted by Gasteiger charge is -2.03. The molecule has 0 aliphatic heterocycles. The number of rotatable bonds is 2. The third-order valence-corrected chi connectivity index (χ3v) is 2.79. The molecule has 0 unspecified atom stereocenters. The van der Waals surface area contributed by atoms with Crippen molar-refractivity contribution in [2.45, 2.75) is 6.18 Å². The molecule has 22 heavy (non-hydrogen) atoms. The highest BCUT2D eigenvalue weighted by atomic mass is 19.4. The topological polar surface area (TPSA) is 100 Å². The first kappa shape index (κ1) is 14.0. The van der Waals surface area contributed by atoms with E-state index in [9.17, 15) is 13.2 Å². The van der Waals surface area contributed by atoms with Crippen LogP contribution < -0.4 is 5.73 Å². The van der Waals surface area contributed by atoms with E-state index in [1.165, 1.54) is 36.4 Å². The quantitative estimate of drug-likeness (QED) is 0.759. The predicted molar refractivity (Wildman–Crippen MR) is 68.6 cm³/mol. The molecule has 8 nitrogen and oxygen atoms in total. The average molecular weight is 310 g/mol. The van der Waals surface area contributed by atoms with Crippen LogP contribution >= 0.6 is 0 Å². The van der Waals surface area contributed by atoms with Gasteiger partial charge < -0.3 is 5.73 Å². The van der Waals surface area contributed by atoms with Crippen LogP contribution in [0, 0.1) is 0 Å². The van der Waals surface area contributed by atoms with Crippen molar-refractivity contribution in [1.82, 2.24) is 34.7 Å². The Morgan fingerprint density at radius 2 is 1.86 bits per heavy atom. The summed E-state index contributed by atoms with van der Waals surface area (Å²) in [6.07, 6.45) is -0.642. The van der Waals surface area contributed by atoms with Crippen LogP contribution in [0.15, 0.2) is 24.7 Å². The highest BCUT2D eigenvalue weighted by Gasteiger charge is 2.40. The van der Waals surface area contributed by atoms with Crippen LogP contribution in [0.1, 0.15) is 5.69 Å². The van der Waals surface area contributed by atoms with Crippen molar-refractivity contribution in [1.29, 1.82) is 0 Å². The molecule has 2 N–H and O–H groups in total. The van der Waals surface area contributed by atoms with Crippen LogP contribution in [0.2, 0.25) is 0 Å². The molecule has 0 bridgehead atoms. The van der Waals surface area contributed by atoms with Crippen molar-refractivity contribution >= 4 is 5.82 Å². The van der Waals surface area contributed by atoms with E-state index in [-0.39, 0.29) is 23.0 Å². The molecular formula is C11H9F3N8. The lowest BCUT2D eigenvalue weighted by atomic mass is 10.1. The monoisotopic (exact) mass is 310 g/mol. The van der Waals surface area contributed by atoms with Gasteiger partial charge in [0.25, 0.3) is 5.95 Å². The maximum absolute atomic E-state index is 13.2. The molecule has 0 radical (unpaired) electrons. The van der Waals surface area contributed by atoms with E-state index in [4.69, 9.17) is 5.73 Å². The Balaban J connectivity index is 2.26. The van der Waals surface area contributed by atoms with E-state index in [0.29, 0.717) is 0 Å². The van der Waals surface area contributed by atoms with Crippen LogP contribution in [-0.4, -0.2) is 34.7 Å². The minimum atomic E-state index is -4.71. The minimum Gasteiger partial charge on any atom is -0.383 e. The molecule has 3 heterocycles. The van der Waals surface area contributed by atoms with Crippen molar-refractivity contribution < 1.29 is 13.2 Å². The van der Waals surface area contributed by atoms with Gasteiger partial charge in [-0.1, -0.05) is 5.21 Å². The summed E-state index contributed by atoms with van der Waals surface area (Å²) in [5.41, 5.74) is 4.26. The first-order valence-corrected chi connectivity index (χ1v) is 5.97. The van der Waals surface area contributed by atoms with Crippen molar-refractivity contribution in [3.8, 4) is 17.2 Å². The van der Waals surface area contributed by atoms with Gasteiger partial charge in [-0.2, -0.15) is 23.0 Å². The Morgan fingerprint density at radius 3 is 2.41 bits per heavy atom. The van der Waals surface area contributed by atoms with Gasteiger partial charge in [-0.15, -0.1) is 5.10 Å². The summed E-state index contributed by atoms with van der Waals surface area (Å²) in [7, 11) is 1.53. The molecule has 11 heteroatoms. The standard InChI is InChI=1S/C11H9F3N8/c1-21-5-6(18-20-21)7-8(11(12,13)14)19-22(9(7)15)10-16-3-2-4-17-10/h2-5H,15H2,1H3. The second kappa shape index (κ2) is 4.79.